The van der Waals surface area contributed by atoms with Crippen molar-refractivity contribution in [3.05, 3.63) is 131 Å². The van der Waals surface area contributed by atoms with Crippen LogP contribution in [0, 0.1) is 29.1 Å². The number of anilines is 2. The van der Waals surface area contributed by atoms with E-state index in [1.54, 1.807) is 22.3 Å². The van der Waals surface area contributed by atoms with Gasteiger partial charge in [-0.05, 0) is 136 Å². The van der Waals surface area contributed by atoms with Crippen LogP contribution in [0.1, 0.15) is 94.9 Å². The molecule has 2 bridgehead atoms. The zero-order chi connectivity index (χ0) is 33.6. The van der Waals surface area contributed by atoms with Crippen LogP contribution >= 0.6 is 11.8 Å². The van der Waals surface area contributed by atoms with E-state index >= 15 is 0 Å². The van der Waals surface area contributed by atoms with E-state index < -0.39 is 0 Å². The minimum Gasteiger partial charge on any atom is -0.333 e. The number of fused-ring (bicyclic) bond motifs is 8. The van der Waals surface area contributed by atoms with Gasteiger partial charge in [0.2, 0.25) is 0 Å². The average Bonchev–Trinajstić information content (AvgIpc) is 3.66. The van der Waals surface area contributed by atoms with Crippen molar-refractivity contribution in [2.75, 3.05) is 4.90 Å². The Balaban J connectivity index is 1.22. The van der Waals surface area contributed by atoms with Crippen LogP contribution in [0.4, 0.5) is 11.4 Å². The highest BCUT2D eigenvalue weighted by Gasteiger charge is 2.84. The Morgan fingerprint density at radius 1 is 0.680 bits per heavy atom. The third kappa shape index (κ3) is 3.62. The summed E-state index contributed by atoms with van der Waals surface area (Å²) in [6.45, 7) is 9.95. The molecule has 0 radical (unpaired) electrons. The first-order chi connectivity index (χ1) is 24.2. The second-order valence-corrected chi connectivity index (χ2v) is 19.4. The van der Waals surface area contributed by atoms with E-state index in [-0.39, 0.29) is 22.3 Å². The summed E-state index contributed by atoms with van der Waals surface area (Å²) in [4.78, 5) is 5.84. The van der Waals surface area contributed by atoms with Crippen LogP contribution in [0.25, 0.3) is 11.1 Å². The molecule has 252 valence electrons. The van der Waals surface area contributed by atoms with Gasteiger partial charge in [0.05, 0.1) is 11.7 Å². The molecule has 50 heavy (non-hydrogen) atoms. The molecule has 1 heterocycles. The van der Waals surface area contributed by atoms with Gasteiger partial charge in [-0.15, -0.1) is 0 Å². The van der Waals surface area contributed by atoms with Crippen LogP contribution in [0.15, 0.2) is 119 Å². The normalized spacial score (nSPS) is 33.9. The first-order valence-electron chi connectivity index (χ1n) is 19.5. The van der Waals surface area contributed by atoms with E-state index in [0.29, 0.717) is 5.41 Å². The van der Waals surface area contributed by atoms with Crippen LogP contribution in [0.3, 0.4) is 0 Å². The lowest BCUT2D eigenvalue weighted by Gasteiger charge is -2.78. The van der Waals surface area contributed by atoms with E-state index in [4.69, 9.17) is 0 Å². The van der Waals surface area contributed by atoms with E-state index in [1.165, 1.54) is 70.8 Å². The number of nitrogens with zero attached hydrogens (tertiary/aromatic N) is 1. The predicted octanol–water partition coefficient (Wildman–Crippen LogP) is 12.5. The Bertz CT molecular complexity index is 2140. The van der Waals surface area contributed by atoms with Crippen molar-refractivity contribution < 1.29 is 0 Å². The third-order valence-corrected chi connectivity index (χ3v) is 16.5. The molecule has 11 rings (SSSR count). The number of allylic oxidation sites excluding steroid dienone is 2. The molecule has 0 saturated heterocycles. The third-order valence-electron chi connectivity index (χ3n) is 15.3. The maximum Gasteiger partial charge on any atom is 0.0561 e. The lowest BCUT2D eigenvalue weighted by Crippen LogP contribution is -2.74. The Hall–Kier alpha value is -3.49. The van der Waals surface area contributed by atoms with Gasteiger partial charge in [0.1, 0.15) is 0 Å². The Morgan fingerprint density at radius 2 is 1.46 bits per heavy atom. The zero-order valence-electron chi connectivity index (χ0n) is 30.1. The maximum absolute atomic E-state index is 2.81. The summed E-state index contributed by atoms with van der Waals surface area (Å²) >= 11 is 2.08. The molecule has 1 aliphatic heterocycles. The van der Waals surface area contributed by atoms with Crippen LogP contribution in [0.2, 0.25) is 0 Å². The molecule has 2 spiro atoms. The summed E-state index contributed by atoms with van der Waals surface area (Å²) < 4.78 is 0. The molecule has 0 N–H and O–H groups in total. The lowest BCUT2D eigenvalue weighted by atomic mass is 9.26. The van der Waals surface area contributed by atoms with Crippen molar-refractivity contribution in [1.29, 1.82) is 0 Å². The molecule has 4 aromatic carbocycles. The van der Waals surface area contributed by atoms with Gasteiger partial charge in [0.15, 0.2) is 0 Å². The van der Waals surface area contributed by atoms with Gasteiger partial charge in [0.25, 0.3) is 0 Å². The van der Waals surface area contributed by atoms with Crippen LogP contribution in [0.5, 0.6) is 0 Å². The van der Waals surface area contributed by atoms with Crippen LogP contribution in [-0.4, -0.2) is 6.04 Å². The van der Waals surface area contributed by atoms with Gasteiger partial charge in [0, 0.05) is 20.9 Å². The molecule has 7 unspecified atom stereocenters. The van der Waals surface area contributed by atoms with Gasteiger partial charge in [-0.25, -0.2) is 0 Å². The highest BCUT2D eigenvalue weighted by atomic mass is 32.2. The van der Waals surface area contributed by atoms with Crippen molar-refractivity contribution >= 4 is 23.1 Å². The summed E-state index contributed by atoms with van der Waals surface area (Å²) in [5.74, 6) is 3.41. The molecule has 2 heteroatoms. The minimum absolute atomic E-state index is 0.0926. The number of hydrogen-bond acceptors (Lipinski definition) is 2. The molecule has 4 aromatic rings. The summed E-state index contributed by atoms with van der Waals surface area (Å²) in [6, 6.07) is 33.7. The molecular formula is C48H49NS. The quantitative estimate of drug-likeness (QED) is 0.212. The van der Waals surface area contributed by atoms with Gasteiger partial charge < -0.3 is 4.90 Å². The van der Waals surface area contributed by atoms with E-state index in [2.05, 4.69) is 154 Å². The van der Waals surface area contributed by atoms with Gasteiger partial charge in [-0.1, -0.05) is 130 Å². The molecule has 4 saturated carbocycles. The monoisotopic (exact) mass is 671 g/mol. The van der Waals surface area contributed by atoms with Crippen LogP contribution < -0.4 is 4.90 Å². The smallest absolute Gasteiger partial charge is 0.0561 e. The first-order valence-corrected chi connectivity index (χ1v) is 20.3. The van der Waals surface area contributed by atoms with Gasteiger partial charge in [-0.3, -0.25) is 0 Å². The van der Waals surface area contributed by atoms with Crippen molar-refractivity contribution in [2.45, 2.75) is 105 Å². The zero-order valence-corrected chi connectivity index (χ0v) is 30.9. The van der Waals surface area contributed by atoms with E-state index in [1.807, 2.05) is 0 Å². The molecule has 4 fully saturated rings. The highest BCUT2D eigenvalue weighted by Crippen LogP contribution is 2.89. The SMILES string of the molecule is CC1(C)CCC(C)(C)c2c(N(c3ccc(-c4ccccc4)c4c3Sc3ccccc3C43C4CC5CC6CC3C64C5)C3C=CC=CC3)cccc21. The number of rotatable bonds is 4. The Morgan fingerprint density at radius 3 is 2.28 bits per heavy atom. The second-order valence-electron chi connectivity index (χ2n) is 18.3. The van der Waals surface area contributed by atoms with Gasteiger partial charge in [-0.2, -0.15) is 0 Å². The van der Waals surface area contributed by atoms with Crippen molar-refractivity contribution in [3.63, 3.8) is 0 Å². The molecule has 7 aliphatic rings. The topological polar surface area (TPSA) is 3.24 Å². The molecule has 7 atom stereocenters. The number of hydrogen-bond donors (Lipinski definition) is 0. The fourth-order valence-corrected chi connectivity index (χ4v) is 14.7. The Labute approximate surface area is 303 Å². The minimum atomic E-state index is 0.0926. The summed E-state index contributed by atoms with van der Waals surface area (Å²) in [5, 5.41) is 0. The first kappa shape index (κ1) is 30.2. The van der Waals surface area contributed by atoms with E-state index in [9.17, 15) is 0 Å². The summed E-state index contributed by atoms with van der Waals surface area (Å²) in [7, 11) is 0. The van der Waals surface area contributed by atoms with Crippen molar-refractivity contribution in [1.82, 2.24) is 0 Å². The Kier molecular flexibility index (Phi) is 6.09. The fraction of sp³-hybridized carbons (Fsp3) is 0.417. The maximum atomic E-state index is 2.81. The van der Waals surface area contributed by atoms with E-state index in [0.717, 1.165) is 30.1 Å². The van der Waals surface area contributed by atoms with Gasteiger partial charge >= 0.3 is 0 Å². The van der Waals surface area contributed by atoms with Crippen molar-refractivity contribution in [2.24, 2.45) is 29.1 Å². The summed E-state index contributed by atoms with van der Waals surface area (Å²) in [6.07, 6.45) is 18.7. The summed E-state index contributed by atoms with van der Waals surface area (Å²) in [5.41, 5.74) is 13.0. The standard InChI is InChI=1S/C48H49NS/c1-45(2)24-25-46(3,4)43-36(45)19-13-20-37(43)49(33-16-9-6-10-17-33)38-23-22-34(31-14-7-5-8-15-31)42-44(38)50-39-21-12-11-18-35(39)48(42)40-27-30-26-32-28-41(48)47(32,40)29-30/h5-16,18-23,30,32-33,40-41H,17,24-29H2,1-4H3. The molecular weight excluding hydrogens is 623 g/mol. The van der Waals surface area contributed by atoms with Crippen molar-refractivity contribution in [3.8, 4) is 11.1 Å². The highest BCUT2D eigenvalue weighted by molar-refractivity contribution is 7.99. The molecule has 0 aromatic heterocycles. The predicted molar refractivity (Wildman–Crippen MR) is 209 cm³/mol. The lowest BCUT2D eigenvalue weighted by molar-refractivity contribution is -0.234. The fourth-order valence-electron chi connectivity index (χ4n) is 13.4. The second kappa shape index (κ2) is 10.1. The van der Waals surface area contributed by atoms with Crippen LogP contribution in [-0.2, 0) is 16.2 Å². The number of benzene rings is 4. The largest absolute Gasteiger partial charge is 0.333 e. The molecule has 6 aliphatic carbocycles. The average molecular weight is 672 g/mol. The molecule has 1 nitrogen and oxygen atoms in total. The molecule has 0 amide bonds.